The maximum atomic E-state index is 12.3. The molecule has 0 aliphatic carbocycles. The SMILES string of the molecule is CCCCC/C=C\C/C=C\CCCCCCCCCC(=O)NC(CO)C(O)/C=C/CCCCCCCCCCCCC. The Morgan fingerprint density at radius 2 is 0.976 bits per heavy atom. The highest BCUT2D eigenvalue weighted by Gasteiger charge is 2.17. The van der Waals surface area contributed by atoms with E-state index in [2.05, 4.69) is 43.5 Å². The molecule has 0 aromatic carbocycles. The maximum Gasteiger partial charge on any atom is 0.220 e. The average Bonchev–Trinajstić information content (AvgIpc) is 2.99. The van der Waals surface area contributed by atoms with E-state index in [1.807, 2.05) is 6.08 Å². The van der Waals surface area contributed by atoms with Gasteiger partial charge in [-0.05, 0) is 51.4 Å². The van der Waals surface area contributed by atoms with Crippen molar-refractivity contribution in [3.05, 3.63) is 36.5 Å². The van der Waals surface area contributed by atoms with Gasteiger partial charge < -0.3 is 15.5 Å². The molecule has 2 unspecified atom stereocenters. The third-order valence-electron chi connectivity index (χ3n) is 8.12. The van der Waals surface area contributed by atoms with Crippen molar-refractivity contribution in [2.45, 2.75) is 193 Å². The molecule has 0 aromatic heterocycles. The Hall–Kier alpha value is -1.39. The number of hydrogen-bond donors (Lipinski definition) is 3. The molecule has 0 bridgehead atoms. The molecule has 0 saturated carbocycles. The van der Waals surface area contributed by atoms with Gasteiger partial charge in [-0.1, -0.05) is 159 Å². The van der Waals surface area contributed by atoms with Crippen molar-refractivity contribution >= 4 is 5.91 Å². The van der Waals surface area contributed by atoms with Crippen LogP contribution in [0.2, 0.25) is 0 Å². The number of nitrogens with one attached hydrogen (secondary N) is 1. The van der Waals surface area contributed by atoms with Gasteiger partial charge in [-0.15, -0.1) is 0 Å². The molecular formula is C38H71NO3. The van der Waals surface area contributed by atoms with Gasteiger partial charge in [-0.3, -0.25) is 4.79 Å². The number of carbonyl (C=O) groups excluding carboxylic acids is 1. The predicted octanol–water partition coefficient (Wildman–Crippen LogP) is 10.7. The molecule has 0 aliphatic rings. The van der Waals surface area contributed by atoms with Gasteiger partial charge in [0.25, 0.3) is 0 Å². The normalized spacial score (nSPS) is 13.5. The Morgan fingerprint density at radius 3 is 1.48 bits per heavy atom. The van der Waals surface area contributed by atoms with Crippen molar-refractivity contribution in [2.75, 3.05) is 6.61 Å². The van der Waals surface area contributed by atoms with Crippen LogP contribution < -0.4 is 5.32 Å². The summed E-state index contributed by atoms with van der Waals surface area (Å²) in [5.41, 5.74) is 0. The summed E-state index contributed by atoms with van der Waals surface area (Å²) in [6.07, 6.45) is 43.6. The Morgan fingerprint density at radius 1 is 0.571 bits per heavy atom. The first-order valence-corrected chi connectivity index (χ1v) is 18.2. The fourth-order valence-corrected chi connectivity index (χ4v) is 5.26. The molecule has 0 spiro atoms. The zero-order chi connectivity index (χ0) is 30.8. The standard InChI is InChI=1S/C38H71NO3/c1-3-5-7-9-11-13-15-17-18-19-20-22-24-26-28-30-32-34-38(42)39-36(35-40)37(41)33-31-29-27-25-23-21-16-14-12-10-8-6-4-2/h11,13,17-18,31,33,36-37,40-41H,3-10,12,14-16,19-30,32,34-35H2,1-2H3,(H,39,42)/b13-11-,18-17-,33-31+. The maximum absolute atomic E-state index is 12.3. The number of amides is 1. The number of rotatable bonds is 32. The molecule has 0 aromatic rings. The van der Waals surface area contributed by atoms with Crippen LogP contribution in [0.25, 0.3) is 0 Å². The zero-order valence-electron chi connectivity index (χ0n) is 28.0. The molecule has 0 saturated heterocycles. The molecule has 0 aliphatic heterocycles. The van der Waals surface area contributed by atoms with Crippen molar-refractivity contribution in [2.24, 2.45) is 0 Å². The van der Waals surface area contributed by atoms with Gasteiger partial charge in [0.15, 0.2) is 0 Å². The lowest BCUT2D eigenvalue weighted by Gasteiger charge is -2.20. The Bertz CT molecular complexity index is 642. The molecule has 0 radical (unpaired) electrons. The van der Waals surface area contributed by atoms with Crippen molar-refractivity contribution < 1.29 is 15.0 Å². The van der Waals surface area contributed by atoms with E-state index in [4.69, 9.17) is 0 Å². The Kier molecular flexibility index (Phi) is 33.0. The van der Waals surface area contributed by atoms with Gasteiger partial charge in [-0.25, -0.2) is 0 Å². The lowest BCUT2D eigenvalue weighted by atomic mass is 10.0. The van der Waals surface area contributed by atoms with Crippen LogP contribution >= 0.6 is 0 Å². The summed E-state index contributed by atoms with van der Waals surface area (Å²) < 4.78 is 0. The minimum atomic E-state index is -0.839. The Labute approximate surface area is 261 Å². The summed E-state index contributed by atoms with van der Waals surface area (Å²) in [6, 6.07) is -0.623. The van der Waals surface area contributed by atoms with E-state index in [1.165, 1.54) is 128 Å². The van der Waals surface area contributed by atoms with Gasteiger partial charge in [-0.2, -0.15) is 0 Å². The van der Waals surface area contributed by atoms with Crippen LogP contribution in [-0.4, -0.2) is 34.9 Å². The molecule has 0 heterocycles. The second-order valence-corrected chi connectivity index (χ2v) is 12.3. The van der Waals surface area contributed by atoms with E-state index in [0.717, 1.165) is 32.1 Å². The summed E-state index contributed by atoms with van der Waals surface area (Å²) in [6.45, 7) is 4.26. The summed E-state index contributed by atoms with van der Waals surface area (Å²) >= 11 is 0. The van der Waals surface area contributed by atoms with E-state index in [-0.39, 0.29) is 12.5 Å². The van der Waals surface area contributed by atoms with E-state index in [1.54, 1.807) is 6.08 Å². The van der Waals surface area contributed by atoms with Crippen LogP contribution in [0, 0.1) is 0 Å². The van der Waals surface area contributed by atoms with Crippen LogP contribution in [0.1, 0.15) is 181 Å². The van der Waals surface area contributed by atoms with Crippen molar-refractivity contribution in [1.82, 2.24) is 5.32 Å². The monoisotopic (exact) mass is 590 g/mol. The van der Waals surface area contributed by atoms with Gasteiger partial charge in [0, 0.05) is 6.42 Å². The molecule has 42 heavy (non-hydrogen) atoms. The third kappa shape index (κ3) is 30.1. The van der Waals surface area contributed by atoms with Crippen LogP contribution in [0.15, 0.2) is 36.5 Å². The highest BCUT2D eigenvalue weighted by atomic mass is 16.3. The number of aliphatic hydroxyl groups is 2. The quantitative estimate of drug-likeness (QED) is 0.0540. The highest BCUT2D eigenvalue weighted by Crippen LogP contribution is 2.13. The van der Waals surface area contributed by atoms with E-state index >= 15 is 0 Å². The minimum Gasteiger partial charge on any atom is -0.394 e. The molecular weight excluding hydrogens is 518 g/mol. The lowest BCUT2D eigenvalue weighted by Crippen LogP contribution is -2.45. The molecule has 3 N–H and O–H groups in total. The lowest BCUT2D eigenvalue weighted by molar-refractivity contribution is -0.123. The fraction of sp³-hybridized carbons (Fsp3) is 0.816. The highest BCUT2D eigenvalue weighted by molar-refractivity contribution is 5.76. The van der Waals surface area contributed by atoms with E-state index in [9.17, 15) is 15.0 Å². The second-order valence-electron chi connectivity index (χ2n) is 12.3. The summed E-state index contributed by atoms with van der Waals surface area (Å²) in [5.74, 6) is -0.0746. The van der Waals surface area contributed by atoms with Crippen LogP contribution in [0.4, 0.5) is 0 Å². The average molecular weight is 590 g/mol. The largest absolute Gasteiger partial charge is 0.394 e. The topological polar surface area (TPSA) is 69.6 Å². The first kappa shape index (κ1) is 40.6. The first-order valence-electron chi connectivity index (χ1n) is 18.2. The first-order chi connectivity index (χ1) is 20.7. The molecule has 0 rings (SSSR count). The van der Waals surface area contributed by atoms with Crippen LogP contribution in [0.5, 0.6) is 0 Å². The van der Waals surface area contributed by atoms with Crippen molar-refractivity contribution in [3.63, 3.8) is 0 Å². The molecule has 0 fully saturated rings. The van der Waals surface area contributed by atoms with Crippen molar-refractivity contribution in [1.29, 1.82) is 0 Å². The molecule has 4 nitrogen and oxygen atoms in total. The number of unbranched alkanes of at least 4 members (excludes halogenated alkanes) is 21. The number of hydrogen-bond acceptors (Lipinski definition) is 3. The number of carbonyl (C=O) groups is 1. The molecule has 246 valence electrons. The molecule has 2 atom stereocenters. The van der Waals surface area contributed by atoms with Crippen LogP contribution in [-0.2, 0) is 4.79 Å². The Balaban J connectivity index is 3.65. The third-order valence-corrected chi connectivity index (χ3v) is 8.12. The molecule has 4 heteroatoms. The fourth-order valence-electron chi connectivity index (χ4n) is 5.26. The van der Waals surface area contributed by atoms with Gasteiger partial charge in [0.2, 0.25) is 5.91 Å². The minimum absolute atomic E-state index is 0.0746. The summed E-state index contributed by atoms with van der Waals surface area (Å²) in [5, 5.41) is 22.9. The summed E-state index contributed by atoms with van der Waals surface area (Å²) in [4.78, 5) is 12.3. The smallest absolute Gasteiger partial charge is 0.220 e. The molecule has 1 amide bonds. The zero-order valence-corrected chi connectivity index (χ0v) is 28.0. The van der Waals surface area contributed by atoms with Crippen LogP contribution in [0.3, 0.4) is 0 Å². The second kappa shape index (κ2) is 34.1. The number of allylic oxidation sites excluding steroid dienone is 5. The van der Waals surface area contributed by atoms with Gasteiger partial charge in [0.05, 0.1) is 18.8 Å². The van der Waals surface area contributed by atoms with E-state index < -0.39 is 12.1 Å². The van der Waals surface area contributed by atoms with Gasteiger partial charge in [0.1, 0.15) is 0 Å². The van der Waals surface area contributed by atoms with Gasteiger partial charge >= 0.3 is 0 Å². The van der Waals surface area contributed by atoms with Crippen molar-refractivity contribution in [3.8, 4) is 0 Å². The number of aliphatic hydroxyl groups excluding tert-OH is 2. The predicted molar refractivity (Wildman–Crippen MR) is 184 cm³/mol. The van der Waals surface area contributed by atoms with E-state index in [0.29, 0.717) is 6.42 Å². The summed E-state index contributed by atoms with van der Waals surface area (Å²) in [7, 11) is 0.